The standard InChI is InChI=1S/C20H20ClN5O2S/c1-13(22-19(28)14-7-6-8-15(21)11-14)18-24-25-20(26(18)2)29-12-17(27)23-16-9-4-3-5-10-16/h3-11,13H,12H2,1-2H3,(H,22,28)(H,23,27). The molecule has 150 valence electrons. The third-order valence-corrected chi connectivity index (χ3v) is 5.34. The average Bonchev–Trinajstić information content (AvgIpc) is 3.07. The first-order chi connectivity index (χ1) is 13.9. The summed E-state index contributed by atoms with van der Waals surface area (Å²) in [6, 6.07) is 15.6. The molecule has 0 radical (unpaired) electrons. The Morgan fingerprint density at radius 1 is 1.14 bits per heavy atom. The predicted molar refractivity (Wildman–Crippen MR) is 114 cm³/mol. The molecule has 0 saturated heterocycles. The van der Waals surface area contributed by atoms with E-state index in [2.05, 4.69) is 20.8 Å². The predicted octanol–water partition coefficient (Wildman–Crippen LogP) is 3.69. The van der Waals surface area contributed by atoms with E-state index in [9.17, 15) is 9.59 Å². The number of hydrogen-bond donors (Lipinski definition) is 2. The molecule has 2 N–H and O–H groups in total. The van der Waals surface area contributed by atoms with Crippen molar-refractivity contribution in [1.82, 2.24) is 20.1 Å². The van der Waals surface area contributed by atoms with Crippen molar-refractivity contribution in [3.8, 4) is 0 Å². The molecule has 0 saturated carbocycles. The van der Waals surface area contributed by atoms with Gasteiger partial charge in [-0.05, 0) is 37.3 Å². The van der Waals surface area contributed by atoms with Gasteiger partial charge in [-0.1, -0.05) is 47.6 Å². The van der Waals surface area contributed by atoms with Crippen LogP contribution in [-0.4, -0.2) is 32.3 Å². The number of anilines is 1. The zero-order chi connectivity index (χ0) is 20.8. The quantitative estimate of drug-likeness (QED) is 0.559. The van der Waals surface area contributed by atoms with Gasteiger partial charge in [-0.15, -0.1) is 10.2 Å². The Morgan fingerprint density at radius 2 is 1.90 bits per heavy atom. The molecule has 0 aliphatic carbocycles. The van der Waals surface area contributed by atoms with E-state index in [1.54, 1.807) is 35.9 Å². The molecular formula is C20H20ClN5O2S. The van der Waals surface area contributed by atoms with Crippen molar-refractivity contribution < 1.29 is 9.59 Å². The van der Waals surface area contributed by atoms with Crippen LogP contribution in [0.1, 0.15) is 29.1 Å². The number of amides is 2. The highest BCUT2D eigenvalue weighted by molar-refractivity contribution is 7.99. The number of benzene rings is 2. The molecule has 0 bridgehead atoms. The molecule has 1 unspecified atom stereocenters. The van der Waals surface area contributed by atoms with Gasteiger partial charge >= 0.3 is 0 Å². The summed E-state index contributed by atoms with van der Waals surface area (Å²) in [5.74, 6) is 0.406. The van der Waals surface area contributed by atoms with Crippen LogP contribution in [0.4, 0.5) is 5.69 Å². The number of para-hydroxylation sites is 1. The molecule has 29 heavy (non-hydrogen) atoms. The Labute approximate surface area is 177 Å². The first-order valence-corrected chi connectivity index (χ1v) is 10.2. The Balaban J connectivity index is 1.58. The summed E-state index contributed by atoms with van der Waals surface area (Å²) in [4.78, 5) is 24.5. The van der Waals surface area contributed by atoms with Gasteiger partial charge in [0.05, 0.1) is 11.8 Å². The lowest BCUT2D eigenvalue weighted by atomic mass is 10.2. The zero-order valence-corrected chi connectivity index (χ0v) is 17.5. The minimum atomic E-state index is -0.369. The molecule has 0 spiro atoms. The van der Waals surface area contributed by atoms with E-state index in [0.717, 1.165) is 5.69 Å². The van der Waals surface area contributed by atoms with Crippen LogP contribution in [0.5, 0.6) is 0 Å². The maximum absolute atomic E-state index is 12.4. The summed E-state index contributed by atoms with van der Waals surface area (Å²) >= 11 is 7.22. The molecular weight excluding hydrogens is 410 g/mol. The van der Waals surface area contributed by atoms with E-state index in [-0.39, 0.29) is 23.6 Å². The summed E-state index contributed by atoms with van der Waals surface area (Å²) in [5, 5.41) is 15.1. The molecule has 1 heterocycles. The third-order valence-electron chi connectivity index (χ3n) is 4.08. The second-order valence-corrected chi connectivity index (χ2v) is 7.69. The molecule has 0 fully saturated rings. The summed E-state index contributed by atoms with van der Waals surface area (Å²) in [5.41, 5.74) is 1.22. The van der Waals surface area contributed by atoms with Crippen molar-refractivity contribution in [1.29, 1.82) is 0 Å². The van der Waals surface area contributed by atoms with E-state index < -0.39 is 0 Å². The maximum Gasteiger partial charge on any atom is 0.251 e. The molecule has 0 aliphatic rings. The summed E-state index contributed by atoms with van der Waals surface area (Å²) < 4.78 is 1.77. The number of aromatic nitrogens is 3. The molecule has 1 atom stereocenters. The summed E-state index contributed by atoms with van der Waals surface area (Å²) in [6.07, 6.45) is 0. The normalized spacial score (nSPS) is 11.7. The van der Waals surface area contributed by atoms with Crippen LogP contribution >= 0.6 is 23.4 Å². The van der Waals surface area contributed by atoms with Gasteiger partial charge in [0.25, 0.3) is 5.91 Å². The Kier molecular flexibility index (Phi) is 6.90. The van der Waals surface area contributed by atoms with Crippen LogP contribution in [-0.2, 0) is 11.8 Å². The second kappa shape index (κ2) is 9.58. The van der Waals surface area contributed by atoms with Crippen molar-refractivity contribution in [2.24, 2.45) is 7.05 Å². The second-order valence-electron chi connectivity index (χ2n) is 6.31. The van der Waals surface area contributed by atoms with E-state index in [4.69, 9.17) is 11.6 Å². The van der Waals surface area contributed by atoms with Crippen molar-refractivity contribution >= 4 is 40.9 Å². The van der Waals surface area contributed by atoms with E-state index in [0.29, 0.717) is 21.6 Å². The minimum absolute atomic E-state index is 0.131. The van der Waals surface area contributed by atoms with E-state index >= 15 is 0 Å². The zero-order valence-electron chi connectivity index (χ0n) is 15.9. The van der Waals surface area contributed by atoms with Gasteiger partial charge in [-0.2, -0.15) is 0 Å². The van der Waals surface area contributed by atoms with Gasteiger partial charge < -0.3 is 15.2 Å². The largest absolute Gasteiger partial charge is 0.342 e. The molecule has 7 nitrogen and oxygen atoms in total. The number of hydrogen-bond acceptors (Lipinski definition) is 5. The van der Waals surface area contributed by atoms with Crippen LogP contribution in [0.25, 0.3) is 0 Å². The number of halogens is 1. The first-order valence-electron chi connectivity index (χ1n) is 8.87. The number of thioether (sulfide) groups is 1. The Morgan fingerprint density at radius 3 is 2.62 bits per heavy atom. The minimum Gasteiger partial charge on any atom is -0.342 e. The number of carbonyl (C=O) groups excluding carboxylic acids is 2. The molecule has 3 rings (SSSR count). The lowest BCUT2D eigenvalue weighted by Crippen LogP contribution is -2.28. The maximum atomic E-state index is 12.4. The van der Waals surface area contributed by atoms with Crippen LogP contribution in [0.3, 0.4) is 0 Å². The number of nitrogens with one attached hydrogen (secondary N) is 2. The molecule has 2 aromatic carbocycles. The SMILES string of the molecule is CC(NC(=O)c1cccc(Cl)c1)c1nnc(SCC(=O)Nc2ccccc2)n1C. The van der Waals surface area contributed by atoms with Crippen molar-refractivity contribution in [2.45, 2.75) is 18.1 Å². The summed E-state index contributed by atoms with van der Waals surface area (Å²) in [7, 11) is 1.80. The summed E-state index contributed by atoms with van der Waals surface area (Å²) in [6.45, 7) is 1.82. The topological polar surface area (TPSA) is 88.9 Å². The number of carbonyl (C=O) groups is 2. The lowest BCUT2D eigenvalue weighted by Gasteiger charge is -2.13. The highest BCUT2D eigenvalue weighted by Gasteiger charge is 2.19. The Hall–Kier alpha value is -2.84. The molecule has 9 heteroatoms. The highest BCUT2D eigenvalue weighted by atomic mass is 35.5. The van der Waals surface area contributed by atoms with Crippen molar-refractivity contribution in [3.05, 3.63) is 71.0 Å². The third kappa shape index (κ3) is 5.58. The van der Waals surface area contributed by atoms with Gasteiger partial charge in [0.2, 0.25) is 5.91 Å². The van der Waals surface area contributed by atoms with Crippen LogP contribution in [0.2, 0.25) is 5.02 Å². The van der Waals surface area contributed by atoms with Gasteiger partial charge in [0, 0.05) is 23.3 Å². The van der Waals surface area contributed by atoms with Gasteiger partial charge in [-0.25, -0.2) is 0 Å². The lowest BCUT2D eigenvalue weighted by molar-refractivity contribution is -0.113. The van der Waals surface area contributed by atoms with Crippen LogP contribution < -0.4 is 10.6 Å². The highest BCUT2D eigenvalue weighted by Crippen LogP contribution is 2.20. The monoisotopic (exact) mass is 429 g/mol. The smallest absolute Gasteiger partial charge is 0.251 e. The number of nitrogens with zero attached hydrogens (tertiary/aromatic N) is 3. The van der Waals surface area contributed by atoms with E-state index in [1.165, 1.54) is 11.8 Å². The van der Waals surface area contributed by atoms with Gasteiger partial charge in [0.1, 0.15) is 0 Å². The fourth-order valence-corrected chi connectivity index (χ4v) is 3.56. The Bertz CT molecular complexity index is 1010. The molecule has 2 amide bonds. The molecule has 1 aromatic heterocycles. The fraction of sp³-hybridized carbons (Fsp3) is 0.200. The average molecular weight is 430 g/mol. The molecule has 0 aliphatic heterocycles. The number of rotatable bonds is 7. The van der Waals surface area contributed by atoms with Crippen molar-refractivity contribution in [2.75, 3.05) is 11.1 Å². The molecule has 3 aromatic rings. The van der Waals surface area contributed by atoms with E-state index in [1.807, 2.05) is 37.3 Å². The van der Waals surface area contributed by atoms with Crippen molar-refractivity contribution in [3.63, 3.8) is 0 Å². The van der Waals surface area contributed by atoms with Crippen LogP contribution in [0.15, 0.2) is 59.8 Å². The first kappa shape index (κ1) is 20.9. The fourth-order valence-electron chi connectivity index (χ4n) is 2.65. The van der Waals surface area contributed by atoms with Gasteiger partial charge in [-0.3, -0.25) is 9.59 Å². The van der Waals surface area contributed by atoms with Gasteiger partial charge in [0.15, 0.2) is 11.0 Å². The van der Waals surface area contributed by atoms with Crippen LogP contribution in [0, 0.1) is 0 Å².